The molecule has 1 N–H and O–H groups in total. The third-order valence-corrected chi connectivity index (χ3v) is 6.69. The molecule has 0 spiro atoms. The standard InChI is InChI=1S/C21H25ClN2O3S/c1-15-5-8-17(9-6-15)28(26,27)23-16-7-10-19(22)18(13-16)20(25)24-12-4-11-21(2,3)14-24/h5-10,13,23H,4,11-12,14H2,1-3H3. The second kappa shape index (κ2) is 7.76. The molecule has 0 saturated carbocycles. The van der Waals surface area contributed by atoms with Crippen molar-refractivity contribution in [3.05, 3.63) is 58.6 Å². The number of sulfonamides is 1. The van der Waals surface area contributed by atoms with Crippen LogP contribution in [0.3, 0.4) is 0 Å². The Balaban J connectivity index is 1.85. The zero-order valence-electron chi connectivity index (χ0n) is 16.3. The first-order chi connectivity index (χ1) is 13.1. The molecular formula is C21H25ClN2O3S. The summed E-state index contributed by atoms with van der Waals surface area (Å²) in [6.45, 7) is 7.50. The summed E-state index contributed by atoms with van der Waals surface area (Å²) in [7, 11) is -3.75. The van der Waals surface area contributed by atoms with Crippen LogP contribution in [0.2, 0.25) is 5.02 Å². The molecule has 1 fully saturated rings. The Morgan fingerprint density at radius 1 is 1.14 bits per heavy atom. The van der Waals surface area contributed by atoms with E-state index in [0.29, 0.717) is 29.4 Å². The number of piperidine rings is 1. The highest BCUT2D eigenvalue weighted by atomic mass is 35.5. The molecule has 1 aliphatic rings. The van der Waals surface area contributed by atoms with Crippen LogP contribution in [0, 0.1) is 12.3 Å². The van der Waals surface area contributed by atoms with Crippen LogP contribution in [0.1, 0.15) is 42.6 Å². The van der Waals surface area contributed by atoms with E-state index in [4.69, 9.17) is 11.6 Å². The predicted octanol–water partition coefficient (Wildman–Crippen LogP) is 4.71. The van der Waals surface area contributed by atoms with Gasteiger partial charge in [-0.25, -0.2) is 8.42 Å². The van der Waals surface area contributed by atoms with E-state index in [-0.39, 0.29) is 16.2 Å². The van der Waals surface area contributed by atoms with Crippen LogP contribution in [0.25, 0.3) is 0 Å². The highest BCUT2D eigenvalue weighted by Gasteiger charge is 2.30. The molecular weight excluding hydrogens is 396 g/mol. The molecule has 0 atom stereocenters. The third-order valence-electron chi connectivity index (χ3n) is 4.97. The third kappa shape index (κ3) is 4.67. The van der Waals surface area contributed by atoms with Crippen molar-refractivity contribution in [3.63, 3.8) is 0 Å². The topological polar surface area (TPSA) is 66.5 Å². The SMILES string of the molecule is Cc1ccc(S(=O)(=O)Nc2ccc(Cl)c(C(=O)N3CCCC(C)(C)C3)c2)cc1. The monoisotopic (exact) mass is 420 g/mol. The molecule has 1 amide bonds. The molecule has 28 heavy (non-hydrogen) atoms. The number of hydrogen-bond donors (Lipinski definition) is 1. The van der Waals surface area contributed by atoms with Gasteiger partial charge in [0.25, 0.3) is 15.9 Å². The number of aryl methyl sites for hydroxylation is 1. The van der Waals surface area contributed by atoms with Gasteiger partial charge >= 0.3 is 0 Å². The summed E-state index contributed by atoms with van der Waals surface area (Å²) >= 11 is 6.26. The Morgan fingerprint density at radius 2 is 1.82 bits per heavy atom. The average molecular weight is 421 g/mol. The second-order valence-electron chi connectivity index (χ2n) is 8.11. The second-order valence-corrected chi connectivity index (χ2v) is 10.2. The van der Waals surface area contributed by atoms with Gasteiger partial charge in [-0.2, -0.15) is 0 Å². The van der Waals surface area contributed by atoms with Crippen LogP contribution in [-0.2, 0) is 10.0 Å². The highest BCUT2D eigenvalue weighted by molar-refractivity contribution is 7.92. The number of nitrogens with one attached hydrogen (secondary N) is 1. The molecule has 2 aromatic carbocycles. The van der Waals surface area contributed by atoms with Gasteiger partial charge in [0.15, 0.2) is 0 Å². The van der Waals surface area contributed by atoms with E-state index in [1.54, 1.807) is 41.3 Å². The van der Waals surface area contributed by atoms with E-state index in [1.165, 1.54) is 6.07 Å². The first-order valence-electron chi connectivity index (χ1n) is 9.26. The molecule has 0 radical (unpaired) electrons. The van der Waals surface area contributed by atoms with E-state index in [2.05, 4.69) is 18.6 Å². The fourth-order valence-corrected chi connectivity index (χ4v) is 4.70. The van der Waals surface area contributed by atoms with E-state index >= 15 is 0 Å². The first-order valence-corrected chi connectivity index (χ1v) is 11.1. The number of carbonyl (C=O) groups excluding carboxylic acids is 1. The van der Waals surface area contributed by atoms with Gasteiger partial charge in [0.05, 0.1) is 15.5 Å². The van der Waals surface area contributed by atoms with Gasteiger partial charge in [0.1, 0.15) is 0 Å². The van der Waals surface area contributed by atoms with Crippen LogP contribution in [0.15, 0.2) is 47.4 Å². The minimum absolute atomic E-state index is 0.0605. The number of benzene rings is 2. The van der Waals surface area contributed by atoms with Crippen molar-refractivity contribution < 1.29 is 13.2 Å². The van der Waals surface area contributed by atoms with Crippen LogP contribution in [-0.4, -0.2) is 32.3 Å². The Labute approximate surface area is 171 Å². The molecule has 5 nitrogen and oxygen atoms in total. The van der Waals surface area contributed by atoms with Crippen LogP contribution < -0.4 is 4.72 Å². The molecule has 1 aliphatic heterocycles. The predicted molar refractivity (Wildman–Crippen MR) is 112 cm³/mol. The van der Waals surface area contributed by atoms with Crippen molar-refractivity contribution in [1.29, 1.82) is 0 Å². The van der Waals surface area contributed by atoms with Crippen molar-refractivity contribution in [2.75, 3.05) is 17.8 Å². The maximum atomic E-state index is 13.0. The summed E-state index contributed by atoms with van der Waals surface area (Å²) in [6, 6.07) is 11.2. The molecule has 1 saturated heterocycles. The maximum absolute atomic E-state index is 13.0. The maximum Gasteiger partial charge on any atom is 0.261 e. The lowest BCUT2D eigenvalue weighted by molar-refractivity contribution is 0.0583. The molecule has 0 aliphatic carbocycles. The lowest BCUT2D eigenvalue weighted by Gasteiger charge is -2.38. The molecule has 2 aromatic rings. The minimum atomic E-state index is -3.75. The summed E-state index contributed by atoms with van der Waals surface area (Å²) in [6.07, 6.45) is 2.01. The Bertz CT molecular complexity index is 985. The summed E-state index contributed by atoms with van der Waals surface area (Å²) in [4.78, 5) is 15.0. The Kier molecular flexibility index (Phi) is 5.73. The van der Waals surface area contributed by atoms with E-state index in [1.807, 2.05) is 6.92 Å². The molecule has 3 rings (SSSR count). The number of carbonyl (C=O) groups is 1. The smallest absolute Gasteiger partial charge is 0.261 e. The number of rotatable bonds is 4. The summed E-state index contributed by atoms with van der Waals surface area (Å²) in [5.41, 5.74) is 1.65. The number of halogens is 1. The number of anilines is 1. The molecule has 0 bridgehead atoms. The van der Waals surface area contributed by atoms with Crippen LogP contribution in [0.5, 0.6) is 0 Å². The fourth-order valence-electron chi connectivity index (χ4n) is 3.45. The van der Waals surface area contributed by atoms with Gasteiger partial charge < -0.3 is 4.90 Å². The normalized spacial score (nSPS) is 16.6. The molecule has 150 valence electrons. The highest BCUT2D eigenvalue weighted by Crippen LogP contribution is 2.31. The Morgan fingerprint density at radius 3 is 2.46 bits per heavy atom. The van der Waals surface area contributed by atoms with Gasteiger partial charge in [0, 0.05) is 18.8 Å². The lowest BCUT2D eigenvalue weighted by atomic mass is 9.84. The van der Waals surface area contributed by atoms with E-state index in [0.717, 1.165) is 18.4 Å². The minimum Gasteiger partial charge on any atom is -0.338 e. The van der Waals surface area contributed by atoms with Crippen molar-refractivity contribution in [3.8, 4) is 0 Å². The fraction of sp³-hybridized carbons (Fsp3) is 0.381. The van der Waals surface area contributed by atoms with Gasteiger partial charge in [-0.15, -0.1) is 0 Å². The lowest BCUT2D eigenvalue weighted by Crippen LogP contribution is -2.43. The first kappa shape index (κ1) is 20.7. The van der Waals surface area contributed by atoms with Gasteiger partial charge in [-0.3, -0.25) is 9.52 Å². The number of nitrogens with zero attached hydrogens (tertiary/aromatic N) is 1. The quantitative estimate of drug-likeness (QED) is 0.778. The summed E-state index contributed by atoms with van der Waals surface area (Å²) in [5.74, 6) is -0.172. The van der Waals surface area contributed by atoms with Crippen molar-refractivity contribution >= 4 is 33.2 Å². The van der Waals surface area contributed by atoms with Crippen molar-refractivity contribution in [2.24, 2.45) is 5.41 Å². The van der Waals surface area contributed by atoms with E-state index < -0.39 is 10.0 Å². The molecule has 0 unspecified atom stereocenters. The van der Waals surface area contributed by atoms with Gasteiger partial charge in [-0.05, 0) is 55.5 Å². The molecule has 1 heterocycles. The van der Waals surface area contributed by atoms with Crippen LogP contribution in [0.4, 0.5) is 5.69 Å². The Hall–Kier alpha value is -2.05. The number of hydrogen-bond acceptors (Lipinski definition) is 3. The number of amides is 1. The summed E-state index contributed by atoms with van der Waals surface area (Å²) < 4.78 is 27.8. The van der Waals surface area contributed by atoms with Gasteiger partial charge in [0.2, 0.25) is 0 Å². The molecule has 0 aromatic heterocycles. The van der Waals surface area contributed by atoms with Crippen molar-refractivity contribution in [1.82, 2.24) is 4.90 Å². The molecule has 7 heteroatoms. The zero-order chi connectivity index (χ0) is 20.5. The van der Waals surface area contributed by atoms with Crippen LogP contribution >= 0.6 is 11.6 Å². The van der Waals surface area contributed by atoms with E-state index in [9.17, 15) is 13.2 Å². The largest absolute Gasteiger partial charge is 0.338 e. The van der Waals surface area contributed by atoms with Crippen molar-refractivity contribution in [2.45, 2.75) is 38.5 Å². The number of likely N-dealkylation sites (tertiary alicyclic amines) is 1. The van der Waals surface area contributed by atoms with Gasteiger partial charge in [-0.1, -0.05) is 43.1 Å². The summed E-state index contributed by atoms with van der Waals surface area (Å²) in [5, 5.41) is 0.312. The zero-order valence-corrected chi connectivity index (χ0v) is 17.9. The average Bonchev–Trinajstić information content (AvgIpc) is 2.62.